The van der Waals surface area contributed by atoms with Gasteiger partial charge in [0.1, 0.15) is 17.7 Å². The van der Waals surface area contributed by atoms with Gasteiger partial charge in [-0.05, 0) is 94.6 Å². The van der Waals surface area contributed by atoms with Crippen LogP contribution in [0.3, 0.4) is 0 Å². The maximum Gasteiger partial charge on any atom is 0.335 e. The molecule has 2 fully saturated rings. The van der Waals surface area contributed by atoms with Gasteiger partial charge < -0.3 is 15.0 Å². The summed E-state index contributed by atoms with van der Waals surface area (Å²) in [4.78, 5) is 53.4. The molecule has 3 aliphatic rings. The zero-order valence-corrected chi connectivity index (χ0v) is 26.0. The van der Waals surface area contributed by atoms with Crippen LogP contribution in [0, 0.1) is 17.6 Å². The number of ether oxygens (including phenoxy) is 1. The number of likely N-dealkylation sites (tertiary alicyclic amines) is 1. The van der Waals surface area contributed by atoms with Crippen LogP contribution in [0.1, 0.15) is 53.3 Å². The molecule has 4 aromatic rings. The number of carbonyl (C=O) groups is 1. The summed E-state index contributed by atoms with van der Waals surface area (Å²) in [6.07, 6.45) is 7.18. The van der Waals surface area contributed by atoms with E-state index in [0.717, 1.165) is 73.0 Å². The Balaban J connectivity index is 1.07. The van der Waals surface area contributed by atoms with Crippen molar-refractivity contribution in [2.45, 2.75) is 44.7 Å². The summed E-state index contributed by atoms with van der Waals surface area (Å²) in [6, 6.07) is 8.65. The van der Waals surface area contributed by atoms with Crippen molar-refractivity contribution >= 4 is 11.6 Å². The fourth-order valence-electron chi connectivity index (χ4n) is 6.36. The molecule has 7 rings (SSSR count). The van der Waals surface area contributed by atoms with Gasteiger partial charge >= 0.3 is 5.69 Å². The number of nitrogens with zero attached hydrogens (tertiary/aromatic N) is 6. The lowest BCUT2D eigenvalue weighted by molar-refractivity contribution is 0.102. The van der Waals surface area contributed by atoms with Gasteiger partial charge in [-0.25, -0.2) is 28.1 Å². The molecule has 47 heavy (non-hydrogen) atoms. The van der Waals surface area contributed by atoms with E-state index in [1.54, 1.807) is 0 Å². The first kappa shape index (κ1) is 30.9. The van der Waals surface area contributed by atoms with Crippen molar-refractivity contribution in [3.05, 3.63) is 104 Å². The van der Waals surface area contributed by atoms with Crippen molar-refractivity contribution in [3.8, 4) is 17.3 Å². The molecule has 0 bridgehead atoms. The van der Waals surface area contributed by atoms with Crippen LogP contribution in [-0.4, -0.2) is 68.0 Å². The van der Waals surface area contributed by atoms with Gasteiger partial charge in [0.15, 0.2) is 11.6 Å². The highest BCUT2D eigenvalue weighted by Crippen LogP contribution is 2.34. The van der Waals surface area contributed by atoms with Gasteiger partial charge in [0.2, 0.25) is 5.88 Å². The number of fused-ring (bicyclic) bond motifs is 1. The first-order valence-corrected chi connectivity index (χ1v) is 15.9. The minimum Gasteiger partial charge on any atom is -0.436 e. The van der Waals surface area contributed by atoms with Crippen molar-refractivity contribution in [2.75, 3.05) is 38.5 Å². The number of nitrogens with one attached hydrogen (secondary N) is 1. The quantitative estimate of drug-likeness (QED) is 0.305. The number of halogens is 2. The molecule has 2 aromatic heterocycles. The van der Waals surface area contributed by atoms with Gasteiger partial charge in [-0.15, -0.1) is 0 Å². The van der Waals surface area contributed by atoms with Crippen LogP contribution in [0.2, 0.25) is 0 Å². The average Bonchev–Trinajstić information content (AvgIpc) is 3.90. The van der Waals surface area contributed by atoms with Crippen LogP contribution in [0.5, 0.6) is 11.6 Å². The Bertz CT molecular complexity index is 1930. The van der Waals surface area contributed by atoms with Crippen molar-refractivity contribution in [3.63, 3.8) is 0 Å². The summed E-state index contributed by atoms with van der Waals surface area (Å²) >= 11 is 0. The number of amides is 1. The van der Waals surface area contributed by atoms with Crippen molar-refractivity contribution in [1.82, 2.24) is 28.9 Å². The minimum absolute atomic E-state index is 0.0707. The van der Waals surface area contributed by atoms with Crippen LogP contribution in [-0.2, 0) is 13.0 Å². The molecule has 0 spiro atoms. The molecule has 1 aliphatic carbocycles. The van der Waals surface area contributed by atoms with Gasteiger partial charge in [0.05, 0.1) is 11.4 Å². The van der Waals surface area contributed by atoms with E-state index < -0.39 is 28.8 Å². The third kappa shape index (κ3) is 6.58. The van der Waals surface area contributed by atoms with Crippen LogP contribution in [0.25, 0.3) is 5.69 Å². The first-order valence-electron chi connectivity index (χ1n) is 15.9. The molecule has 4 heterocycles. The fraction of sp³-hybridized carbons (Fsp3) is 0.382. The minimum atomic E-state index is -0.866. The highest BCUT2D eigenvalue weighted by molar-refractivity contribution is 6.03. The van der Waals surface area contributed by atoms with Gasteiger partial charge in [0.25, 0.3) is 11.5 Å². The Kier molecular flexibility index (Phi) is 8.41. The van der Waals surface area contributed by atoms with E-state index in [0.29, 0.717) is 24.8 Å². The molecular formula is C34H35F2N7O4. The summed E-state index contributed by atoms with van der Waals surface area (Å²) in [5.41, 5.74) is 0.157. The summed E-state index contributed by atoms with van der Waals surface area (Å²) < 4.78 is 37.0. The zero-order chi connectivity index (χ0) is 32.7. The topological polar surface area (TPSA) is 115 Å². The third-order valence-electron chi connectivity index (χ3n) is 9.18. The van der Waals surface area contributed by atoms with Crippen LogP contribution < -0.4 is 21.3 Å². The van der Waals surface area contributed by atoms with E-state index in [2.05, 4.69) is 32.1 Å². The summed E-state index contributed by atoms with van der Waals surface area (Å²) in [5, 5.41) is 2.56. The monoisotopic (exact) mass is 643 g/mol. The number of rotatable bonds is 8. The van der Waals surface area contributed by atoms with E-state index in [1.165, 1.54) is 54.2 Å². The third-order valence-corrected chi connectivity index (χ3v) is 9.18. The van der Waals surface area contributed by atoms with E-state index in [4.69, 9.17) is 4.74 Å². The Hall–Kier alpha value is -4.75. The molecule has 2 aliphatic heterocycles. The zero-order valence-electron chi connectivity index (χ0n) is 26.0. The van der Waals surface area contributed by atoms with Gasteiger partial charge in [-0.2, -0.15) is 0 Å². The molecule has 1 saturated carbocycles. The molecule has 0 atom stereocenters. The molecule has 1 saturated heterocycles. The summed E-state index contributed by atoms with van der Waals surface area (Å²) in [6.45, 7) is 4.79. The Morgan fingerprint density at radius 3 is 2.49 bits per heavy atom. The SMILES string of the molecule is CN1CCC(CN2CCc3c(ncnc3Oc3ccc(NC(=O)c4cn(C5CC5)c(=O)n(-c5ccc(F)cc5)c4=O)cc3F)C2)CC1. The Morgan fingerprint density at radius 1 is 1.00 bits per heavy atom. The van der Waals surface area contributed by atoms with Crippen LogP contribution >= 0.6 is 0 Å². The number of aromatic nitrogens is 4. The van der Waals surface area contributed by atoms with Gasteiger partial charge in [-0.3, -0.25) is 19.1 Å². The van der Waals surface area contributed by atoms with Crippen LogP contribution in [0.15, 0.2) is 64.6 Å². The molecule has 11 nitrogen and oxygen atoms in total. The van der Waals surface area contributed by atoms with Crippen molar-refractivity contribution in [1.29, 1.82) is 0 Å². The van der Waals surface area contributed by atoms with E-state index in [1.807, 2.05) is 0 Å². The molecule has 1 amide bonds. The van der Waals surface area contributed by atoms with Gasteiger partial charge in [0, 0.05) is 49.2 Å². The maximum absolute atomic E-state index is 15.3. The molecule has 0 unspecified atom stereocenters. The second kappa shape index (κ2) is 12.8. The lowest BCUT2D eigenvalue weighted by atomic mass is 9.95. The lowest BCUT2D eigenvalue weighted by Gasteiger charge is -2.35. The number of carbonyl (C=O) groups excluding carboxylic acids is 1. The van der Waals surface area contributed by atoms with Gasteiger partial charge in [-0.1, -0.05) is 0 Å². The van der Waals surface area contributed by atoms with Crippen molar-refractivity contribution < 1.29 is 18.3 Å². The highest BCUT2D eigenvalue weighted by Gasteiger charge is 2.29. The molecule has 2 aromatic carbocycles. The van der Waals surface area contributed by atoms with Crippen LogP contribution in [0.4, 0.5) is 14.5 Å². The summed E-state index contributed by atoms with van der Waals surface area (Å²) in [5.74, 6) is -1.19. The molecule has 244 valence electrons. The summed E-state index contributed by atoms with van der Waals surface area (Å²) in [7, 11) is 2.16. The molecule has 13 heteroatoms. The maximum atomic E-state index is 15.3. The second-order valence-corrected chi connectivity index (χ2v) is 12.6. The number of piperidine rings is 1. The van der Waals surface area contributed by atoms with E-state index >= 15 is 4.39 Å². The van der Waals surface area contributed by atoms with Crippen molar-refractivity contribution in [2.24, 2.45) is 5.92 Å². The molecule has 1 N–H and O–H groups in total. The lowest BCUT2D eigenvalue weighted by Crippen LogP contribution is -2.42. The standard InChI is InChI=1S/C34H35F2N7O4/c1-40-13-10-21(11-14-40)17-41-15-12-26-29(19-41)37-20-38-32(26)47-30-9-4-23(16-28(30)36)39-31(44)27-18-42(24-7-8-24)34(46)43(33(27)45)25-5-2-22(35)3-6-25/h2-6,9,16,18,20-21,24H,7-8,10-15,17,19H2,1H3,(H,39,44). The van der Waals surface area contributed by atoms with E-state index in [-0.39, 0.29) is 28.7 Å². The number of hydrogen-bond donors (Lipinski definition) is 1. The normalized spacial score (nSPS) is 17.3. The number of benzene rings is 2. The fourth-order valence-corrected chi connectivity index (χ4v) is 6.36. The second-order valence-electron chi connectivity index (χ2n) is 12.6. The largest absolute Gasteiger partial charge is 0.436 e. The average molecular weight is 644 g/mol. The Morgan fingerprint density at radius 2 is 1.77 bits per heavy atom. The predicted molar refractivity (Wildman–Crippen MR) is 170 cm³/mol. The number of anilines is 1. The Labute approximate surface area is 269 Å². The smallest absolute Gasteiger partial charge is 0.335 e. The predicted octanol–water partition coefficient (Wildman–Crippen LogP) is 4.15. The number of hydrogen-bond acceptors (Lipinski definition) is 8. The highest BCUT2D eigenvalue weighted by atomic mass is 19.1. The molecular weight excluding hydrogens is 608 g/mol. The van der Waals surface area contributed by atoms with E-state index in [9.17, 15) is 18.8 Å². The first-order chi connectivity index (χ1) is 22.7. The molecule has 0 radical (unpaired) electrons.